The van der Waals surface area contributed by atoms with Crippen LogP contribution < -0.4 is 26.5 Å². The first-order valence-corrected chi connectivity index (χ1v) is 23.4. The van der Waals surface area contributed by atoms with Gasteiger partial charge in [0.15, 0.2) is 14.4 Å². The van der Waals surface area contributed by atoms with E-state index in [0.29, 0.717) is 31.3 Å². The van der Waals surface area contributed by atoms with Crippen molar-refractivity contribution in [2.75, 3.05) is 23.5 Å². The maximum atomic E-state index is 13.6. The molecule has 2 N–H and O–H groups in total. The Morgan fingerprint density at radius 2 is 1.70 bits per heavy atom. The van der Waals surface area contributed by atoms with Gasteiger partial charge in [-0.1, -0.05) is 77.9 Å². The van der Waals surface area contributed by atoms with Crippen LogP contribution in [0, 0.1) is 5.82 Å². The maximum absolute atomic E-state index is 13.6. The van der Waals surface area contributed by atoms with E-state index in [4.69, 9.17) is 9.72 Å². The summed E-state index contributed by atoms with van der Waals surface area (Å²) in [4.78, 5) is 48.6. The zero-order valence-electron chi connectivity index (χ0n) is 32.0. The number of ether oxygens (including phenoxy) is 1. The number of nitrogens with zero attached hydrogens (tertiary/aromatic N) is 8. The van der Waals surface area contributed by atoms with Gasteiger partial charge >= 0.3 is 5.56 Å². The minimum atomic E-state index is -0.510. The van der Waals surface area contributed by atoms with Crippen LogP contribution >= 0.6 is 68.9 Å². The van der Waals surface area contributed by atoms with E-state index in [-0.39, 0.29) is 28.6 Å². The van der Waals surface area contributed by atoms with Crippen LogP contribution in [0.2, 0.25) is 0 Å². The number of thiophene rings is 1. The molecule has 308 valence electrons. The Balaban J connectivity index is 0.000000169. The molecule has 0 atom stereocenters. The normalized spacial score (nSPS) is 11.1. The van der Waals surface area contributed by atoms with Crippen molar-refractivity contribution in [2.24, 2.45) is 0 Å². The van der Waals surface area contributed by atoms with Gasteiger partial charge in [-0.05, 0) is 72.5 Å². The summed E-state index contributed by atoms with van der Waals surface area (Å²) in [6.07, 6.45) is 0.792. The van der Waals surface area contributed by atoms with Gasteiger partial charge in [0, 0.05) is 33.6 Å². The third-order valence-corrected chi connectivity index (χ3v) is 14.7. The highest BCUT2D eigenvalue weighted by molar-refractivity contribution is 8.01. The van der Waals surface area contributed by atoms with Crippen LogP contribution in [-0.2, 0) is 17.0 Å². The second kappa shape index (κ2) is 18.8. The van der Waals surface area contributed by atoms with Crippen molar-refractivity contribution in [3.63, 3.8) is 0 Å². The molecular weight excluding hydrogens is 896 g/mol. The van der Waals surface area contributed by atoms with Gasteiger partial charge in [-0.15, -0.1) is 38.0 Å². The van der Waals surface area contributed by atoms with Gasteiger partial charge in [-0.25, -0.2) is 14.4 Å². The van der Waals surface area contributed by atoms with Crippen LogP contribution in [0.25, 0.3) is 37.1 Å². The van der Waals surface area contributed by atoms with Crippen LogP contribution in [0.4, 0.5) is 15.8 Å². The lowest BCUT2D eigenvalue weighted by molar-refractivity contribution is -0.113. The number of hydrogen-bond donors (Lipinski definition) is 2. The third kappa shape index (κ3) is 9.87. The molecule has 0 fully saturated rings. The van der Waals surface area contributed by atoms with Gasteiger partial charge < -0.3 is 15.4 Å². The van der Waals surface area contributed by atoms with Crippen molar-refractivity contribution in [3.8, 4) is 17.0 Å². The lowest BCUT2D eigenvalue weighted by Crippen LogP contribution is -2.19. The number of amides is 1. The highest BCUT2D eigenvalue weighted by Gasteiger charge is 2.16. The molecule has 0 saturated heterocycles. The molecular formula is C40H31FN10O4S6. The molecule has 1 amide bonds. The third-order valence-electron chi connectivity index (χ3n) is 8.48. The van der Waals surface area contributed by atoms with E-state index in [2.05, 4.69) is 48.7 Å². The van der Waals surface area contributed by atoms with Gasteiger partial charge in [-0.2, -0.15) is 14.1 Å². The molecule has 0 radical (unpaired) electrons. The Hall–Kier alpha value is -5.84. The molecule has 6 aromatic heterocycles. The Kier molecular flexibility index (Phi) is 12.9. The van der Waals surface area contributed by atoms with Gasteiger partial charge in [0.25, 0.3) is 5.56 Å². The summed E-state index contributed by atoms with van der Waals surface area (Å²) in [5.41, 5.74) is 3.89. The number of thiazole rings is 1. The predicted octanol–water partition coefficient (Wildman–Crippen LogP) is 8.85. The SMILES string of the molecule is C=C(Nc1ccc2nc(SCc3cc(=O)n4nc(CC)sc4n3)sc2c1)c1cccs1.COc1ccc(-c2nnc3sc(SCC(=O)Nc4ccccc4F)nn3c2=O)cc1. The number of aromatic nitrogens is 8. The van der Waals surface area contributed by atoms with E-state index in [1.807, 2.05) is 36.6 Å². The zero-order valence-corrected chi connectivity index (χ0v) is 36.9. The van der Waals surface area contributed by atoms with Crippen LogP contribution in [0.1, 0.15) is 22.5 Å². The van der Waals surface area contributed by atoms with Gasteiger partial charge in [0.05, 0.1) is 34.5 Å². The number of benzene rings is 3. The van der Waals surface area contributed by atoms with Crippen LogP contribution in [0.15, 0.2) is 115 Å². The van der Waals surface area contributed by atoms with E-state index in [1.54, 1.807) is 84.0 Å². The lowest BCUT2D eigenvalue weighted by atomic mass is 10.1. The van der Waals surface area contributed by atoms with Gasteiger partial charge in [0.2, 0.25) is 15.8 Å². The molecule has 0 unspecified atom stereocenters. The Labute approximate surface area is 370 Å². The first-order valence-electron chi connectivity index (χ1n) is 18.1. The van der Waals surface area contributed by atoms with Crippen LogP contribution in [0.5, 0.6) is 5.75 Å². The second-order valence-corrected chi connectivity index (χ2v) is 19.0. The molecule has 0 aliphatic rings. The average molecular weight is 927 g/mol. The summed E-state index contributed by atoms with van der Waals surface area (Å²) >= 11 is 8.61. The Morgan fingerprint density at radius 3 is 2.48 bits per heavy atom. The number of carbonyl (C=O) groups excluding carboxylic acids is 1. The van der Waals surface area contributed by atoms with E-state index < -0.39 is 11.4 Å². The van der Waals surface area contributed by atoms with E-state index in [1.165, 1.54) is 28.0 Å². The number of thioether (sulfide) groups is 2. The lowest BCUT2D eigenvalue weighted by Gasteiger charge is -2.07. The number of anilines is 2. The molecule has 9 aromatic rings. The van der Waals surface area contributed by atoms with Crippen molar-refractivity contribution in [1.29, 1.82) is 0 Å². The molecule has 0 aliphatic heterocycles. The standard InChI is InChI=1S/C21H17N5OS4.C19H14FN5O3S2/c1-3-18-25-26-19(27)10-14(23-20(26)31-18)11-29-21-24-15-7-6-13(9-17(15)30-21)22-12(2)16-5-4-8-28-16;1-28-12-8-6-11(7-9-12)16-17(27)25-18(23-22-16)30-19(24-25)29-10-15(26)21-14-5-3-2-4-13(14)20/h4-10,22H,2-3,11H2,1H3;2-9H,10H2,1H3,(H,21,26). The number of nitrogens with one attached hydrogen (secondary N) is 2. The summed E-state index contributed by atoms with van der Waals surface area (Å²) in [5.74, 6) is 0.353. The summed E-state index contributed by atoms with van der Waals surface area (Å²) in [7, 11) is 1.56. The summed E-state index contributed by atoms with van der Waals surface area (Å²) in [6.45, 7) is 6.14. The minimum Gasteiger partial charge on any atom is -0.497 e. The summed E-state index contributed by atoms with van der Waals surface area (Å²) in [5, 5.41) is 25.4. The van der Waals surface area contributed by atoms with Crippen molar-refractivity contribution >= 4 is 112 Å². The number of rotatable bonds is 13. The molecule has 14 nitrogen and oxygen atoms in total. The number of para-hydroxylation sites is 1. The van der Waals surface area contributed by atoms with Crippen LogP contribution in [-0.4, -0.2) is 58.2 Å². The van der Waals surface area contributed by atoms with E-state index >= 15 is 0 Å². The van der Waals surface area contributed by atoms with E-state index in [0.717, 1.165) is 75.6 Å². The fourth-order valence-electron chi connectivity index (χ4n) is 5.54. The smallest absolute Gasteiger partial charge is 0.302 e. The second-order valence-electron chi connectivity index (χ2n) is 12.6. The molecule has 9 rings (SSSR count). The first kappa shape index (κ1) is 41.9. The molecule has 0 saturated carbocycles. The predicted molar refractivity (Wildman–Crippen MR) is 245 cm³/mol. The van der Waals surface area contributed by atoms with Crippen molar-refractivity contribution < 1.29 is 13.9 Å². The zero-order chi connectivity index (χ0) is 42.5. The topological polar surface area (TPSA) is 171 Å². The van der Waals surface area contributed by atoms with Crippen molar-refractivity contribution in [1.82, 2.24) is 39.4 Å². The fraction of sp³-hybridized carbons (Fsp3) is 0.125. The highest BCUT2D eigenvalue weighted by atomic mass is 32.2. The Morgan fingerprint density at radius 1 is 0.869 bits per heavy atom. The van der Waals surface area contributed by atoms with Gasteiger partial charge in [-0.3, -0.25) is 14.4 Å². The summed E-state index contributed by atoms with van der Waals surface area (Å²) < 4.78 is 23.8. The number of halogens is 1. The van der Waals surface area contributed by atoms with E-state index in [9.17, 15) is 18.8 Å². The maximum Gasteiger partial charge on any atom is 0.302 e. The number of carbonyl (C=O) groups is 1. The number of aryl methyl sites for hydroxylation is 1. The molecule has 3 aromatic carbocycles. The molecule has 6 heterocycles. The fourth-order valence-corrected chi connectivity index (χ4v) is 10.7. The minimum absolute atomic E-state index is 0.00166. The monoisotopic (exact) mass is 926 g/mol. The number of fused-ring (bicyclic) bond motifs is 3. The van der Waals surface area contributed by atoms with Crippen molar-refractivity contribution in [3.05, 3.63) is 139 Å². The Bertz CT molecular complexity index is 3140. The molecule has 0 aliphatic carbocycles. The average Bonchev–Trinajstić information content (AvgIpc) is 4.10. The van der Waals surface area contributed by atoms with Gasteiger partial charge in [0.1, 0.15) is 16.6 Å². The number of hydrogen-bond acceptors (Lipinski definition) is 17. The first-order chi connectivity index (χ1) is 29.6. The summed E-state index contributed by atoms with van der Waals surface area (Å²) in [6, 6.07) is 24.5. The van der Waals surface area contributed by atoms with Crippen molar-refractivity contribution in [2.45, 2.75) is 27.8 Å². The molecule has 21 heteroatoms. The highest BCUT2D eigenvalue weighted by Crippen LogP contribution is 2.34. The molecule has 0 spiro atoms. The van der Waals surface area contributed by atoms with Crippen LogP contribution in [0.3, 0.4) is 0 Å². The largest absolute Gasteiger partial charge is 0.497 e. The molecule has 0 bridgehead atoms. The molecule has 61 heavy (non-hydrogen) atoms. The number of methoxy groups -OCH3 is 1. The quantitative estimate of drug-likeness (QED) is 0.105.